The monoisotopic (exact) mass is 389 g/mol. The lowest BCUT2D eigenvalue weighted by molar-refractivity contribution is -0.116. The molecule has 0 aliphatic heterocycles. The molecule has 0 unspecified atom stereocenters. The molecule has 0 saturated carbocycles. The van der Waals surface area contributed by atoms with E-state index in [4.69, 9.17) is 14.2 Å². The zero-order valence-electron chi connectivity index (χ0n) is 16.4. The quantitative estimate of drug-likeness (QED) is 0.627. The molecular formula is C21H24FNO5. The standard InChI is InChI=1S/C21H24FNO5/c1-14(2)27-19-11-16(21(25)26-4)12-20(13-19)28-18-7-5-17(6-8-18)23(10-9-22)15(3)24/h5-8,11-14H,9-10H2,1-4H3. The van der Waals surface area contributed by atoms with Crippen molar-refractivity contribution in [1.29, 1.82) is 0 Å². The van der Waals surface area contributed by atoms with Gasteiger partial charge in [0.05, 0.1) is 25.3 Å². The van der Waals surface area contributed by atoms with E-state index in [1.165, 1.54) is 18.9 Å². The van der Waals surface area contributed by atoms with E-state index < -0.39 is 12.6 Å². The number of ether oxygens (including phenoxy) is 3. The van der Waals surface area contributed by atoms with Gasteiger partial charge in [0, 0.05) is 18.7 Å². The van der Waals surface area contributed by atoms with E-state index in [1.54, 1.807) is 42.5 Å². The summed E-state index contributed by atoms with van der Waals surface area (Å²) in [5.41, 5.74) is 0.877. The van der Waals surface area contributed by atoms with Gasteiger partial charge in [0.2, 0.25) is 5.91 Å². The van der Waals surface area contributed by atoms with Gasteiger partial charge in [0.25, 0.3) is 0 Å². The van der Waals surface area contributed by atoms with Gasteiger partial charge < -0.3 is 19.1 Å². The third kappa shape index (κ3) is 5.70. The number of rotatable bonds is 8. The van der Waals surface area contributed by atoms with Crippen molar-refractivity contribution in [3.63, 3.8) is 0 Å². The number of benzene rings is 2. The molecule has 0 N–H and O–H groups in total. The second-order valence-corrected chi connectivity index (χ2v) is 6.31. The largest absolute Gasteiger partial charge is 0.491 e. The number of hydrogen-bond donors (Lipinski definition) is 0. The summed E-state index contributed by atoms with van der Waals surface area (Å²) in [7, 11) is 1.30. The Kier molecular flexibility index (Phi) is 7.37. The second-order valence-electron chi connectivity index (χ2n) is 6.31. The fourth-order valence-electron chi connectivity index (χ4n) is 2.59. The van der Waals surface area contributed by atoms with Crippen LogP contribution in [0.25, 0.3) is 0 Å². The summed E-state index contributed by atoms with van der Waals surface area (Å²) in [6, 6.07) is 11.5. The Morgan fingerprint density at radius 2 is 1.68 bits per heavy atom. The summed E-state index contributed by atoms with van der Waals surface area (Å²) < 4.78 is 28.9. The van der Waals surface area contributed by atoms with Crippen molar-refractivity contribution in [1.82, 2.24) is 0 Å². The van der Waals surface area contributed by atoms with Crippen molar-refractivity contribution in [3.8, 4) is 17.2 Å². The minimum absolute atomic E-state index is 0.00733. The molecule has 0 aromatic heterocycles. The Morgan fingerprint density at radius 3 is 2.21 bits per heavy atom. The number of esters is 1. The number of nitrogens with zero attached hydrogens (tertiary/aromatic N) is 1. The van der Waals surface area contributed by atoms with Crippen LogP contribution in [-0.4, -0.2) is 38.3 Å². The van der Waals surface area contributed by atoms with E-state index >= 15 is 0 Å². The Bertz CT molecular complexity index is 820. The first kappa shape index (κ1) is 21.2. The van der Waals surface area contributed by atoms with Crippen LogP contribution in [-0.2, 0) is 9.53 Å². The first-order chi connectivity index (χ1) is 13.3. The molecule has 2 aromatic rings. The number of methoxy groups -OCH3 is 1. The molecule has 0 aliphatic carbocycles. The molecule has 0 heterocycles. The maximum absolute atomic E-state index is 12.6. The van der Waals surface area contributed by atoms with Crippen molar-refractivity contribution in [2.75, 3.05) is 25.2 Å². The highest BCUT2D eigenvalue weighted by atomic mass is 19.1. The lowest BCUT2D eigenvalue weighted by Gasteiger charge is -2.20. The van der Waals surface area contributed by atoms with Gasteiger partial charge in [-0.05, 0) is 50.2 Å². The van der Waals surface area contributed by atoms with Crippen molar-refractivity contribution in [2.24, 2.45) is 0 Å². The number of hydrogen-bond acceptors (Lipinski definition) is 5. The van der Waals surface area contributed by atoms with E-state index in [-0.39, 0.29) is 18.6 Å². The molecule has 1 amide bonds. The molecule has 0 radical (unpaired) electrons. The molecule has 2 rings (SSSR count). The maximum atomic E-state index is 12.6. The number of carbonyl (C=O) groups is 2. The van der Waals surface area contributed by atoms with Crippen molar-refractivity contribution < 1.29 is 28.2 Å². The molecule has 0 spiro atoms. The van der Waals surface area contributed by atoms with Crippen LogP contribution >= 0.6 is 0 Å². The van der Waals surface area contributed by atoms with Crippen LogP contribution < -0.4 is 14.4 Å². The van der Waals surface area contributed by atoms with Crippen LogP contribution in [0.5, 0.6) is 17.2 Å². The van der Waals surface area contributed by atoms with Crippen LogP contribution in [0.15, 0.2) is 42.5 Å². The number of alkyl halides is 1. The van der Waals surface area contributed by atoms with Crippen LogP contribution in [0.1, 0.15) is 31.1 Å². The van der Waals surface area contributed by atoms with Crippen LogP contribution in [0.3, 0.4) is 0 Å². The van der Waals surface area contributed by atoms with Gasteiger partial charge in [-0.1, -0.05) is 0 Å². The lowest BCUT2D eigenvalue weighted by Crippen LogP contribution is -2.30. The van der Waals surface area contributed by atoms with Crippen molar-refractivity contribution in [2.45, 2.75) is 26.9 Å². The zero-order chi connectivity index (χ0) is 20.7. The molecule has 0 bridgehead atoms. The highest BCUT2D eigenvalue weighted by molar-refractivity contribution is 5.91. The third-order valence-corrected chi connectivity index (χ3v) is 3.75. The fourth-order valence-corrected chi connectivity index (χ4v) is 2.59. The van der Waals surface area contributed by atoms with Gasteiger partial charge in [0.1, 0.15) is 23.9 Å². The molecule has 6 nitrogen and oxygen atoms in total. The molecule has 0 saturated heterocycles. The number of carbonyl (C=O) groups excluding carboxylic acids is 2. The number of amides is 1. The van der Waals surface area contributed by atoms with Crippen LogP contribution in [0.4, 0.5) is 10.1 Å². The smallest absolute Gasteiger partial charge is 0.338 e. The molecule has 28 heavy (non-hydrogen) atoms. The molecule has 7 heteroatoms. The van der Waals surface area contributed by atoms with E-state index in [2.05, 4.69) is 0 Å². The minimum atomic E-state index is -0.628. The molecule has 0 atom stereocenters. The fraction of sp³-hybridized carbons (Fsp3) is 0.333. The summed E-state index contributed by atoms with van der Waals surface area (Å²) >= 11 is 0. The third-order valence-electron chi connectivity index (χ3n) is 3.75. The summed E-state index contributed by atoms with van der Waals surface area (Å²) in [5, 5.41) is 0. The average Bonchev–Trinajstić information content (AvgIpc) is 2.65. The maximum Gasteiger partial charge on any atom is 0.338 e. The Morgan fingerprint density at radius 1 is 1.04 bits per heavy atom. The Hall–Kier alpha value is -3.09. The minimum Gasteiger partial charge on any atom is -0.491 e. The van der Waals surface area contributed by atoms with Gasteiger partial charge >= 0.3 is 5.97 Å². The van der Waals surface area contributed by atoms with Crippen LogP contribution in [0, 0.1) is 0 Å². The topological polar surface area (TPSA) is 65.1 Å². The van der Waals surface area contributed by atoms with Crippen LogP contribution in [0.2, 0.25) is 0 Å². The summed E-state index contributed by atoms with van der Waals surface area (Å²) in [4.78, 5) is 24.9. The zero-order valence-corrected chi connectivity index (χ0v) is 16.4. The first-order valence-electron chi connectivity index (χ1n) is 8.86. The highest BCUT2D eigenvalue weighted by Gasteiger charge is 2.13. The van der Waals surface area contributed by atoms with Gasteiger partial charge in [-0.2, -0.15) is 0 Å². The summed E-state index contributed by atoms with van der Waals surface area (Å²) in [5.74, 6) is 0.629. The van der Waals surface area contributed by atoms with Gasteiger partial charge in [-0.25, -0.2) is 9.18 Å². The second kappa shape index (κ2) is 9.73. The molecular weight excluding hydrogens is 365 g/mol. The number of anilines is 1. The average molecular weight is 389 g/mol. The van der Waals surface area contributed by atoms with E-state index in [1.807, 2.05) is 13.8 Å². The Labute approximate surface area is 163 Å². The van der Waals surface area contributed by atoms with Crippen molar-refractivity contribution >= 4 is 17.6 Å². The molecule has 0 fully saturated rings. The predicted molar refractivity (Wildman–Crippen MR) is 104 cm³/mol. The number of halogens is 1. The van der Waals surface area contributed by atoms with Crippen molar-refractivity contribution in [3.05, 3.63) is 48.0 Å². The van der Waals surface area contributed by atoms with E-state index in [0.717, 1.165) is 0 Å². The highest BCUT2D eigenvalue weighted by Crippen LogP contribution is 2.29. The first-order valence-corrected chi connectivity index (χ1v) is 8.86. The van der Waals surface area contributed by atoms with Gasteiger partial charge in [-0.3, -0.25) is 4.79 Å². The molecule has 0 aliphatic rings. The molecule has 150 valence electrons. The SMILES string of the molecule is COC(=O)c1cc(Oc2ccc(N(CCF)C(C)=O)cc2)cc(OC(C)C)c1. The van der Waals surface area contributed by atoms with E-state index in [0.29, 0.717) is 28.5 Å². The normalized spacial score (nSPS) is 10.5. The van der Waals surface area contributed by atoms with Gasteiger partial charge in [-0.15, -0.1) is 0 Å². The molecule has 2 aromatic carbocycles. The summed E-state index contributed by atoms with van der Waals surface area (Å²) in [6.07, 6.45) is -0.0758. The van der Waals surface area contributed by atoms with Gasteiger partial charge in [0.15, 0.2) is 0 Å². The predicted octanol–water partition coefficient (Wildman–Crippen LogP) is 4.38. The summed E-state index contributed by atoms with van der Waals surface area (Å²) in [6.45, 7) is 4.50. The lowest BCUT2D eigenvalue weighted by atomic mass is 10.2. The van der Waals surface area contributed by atoms with E-state index in [9.17, 15) is 14.0 Å². The Balaban J connectivity index is 2.26.